The fraction of sp³-hybridized carbons (Fsp3) is 0.173. The fourth-order valence-corrected chi connectivity index (χ4v) is 9.22. The van der Waals surface area contributed by atoms with Crippen molar-refractivity contribution in [1.29, 1.82) is 0 Å². The predicted molar refractivity (Wildman–Crippen MR) is 229 cm³/mol. The van der Waals surface area contributed by atoms with E-state index in [1.165, 1.54) is 0 Å². The van der Waals surface area contributed by atoms with Crippen LogP contribution in [0.5, 0.6) is 0 Å². The highest BCUT2D eigenvalue weighted by molar-refractivity contribution is 6.11. The average Bonchev–Trinajstić information content (AvgIpc) is 3.76. The summed E-state index contributed by atoms with van der Waals surface area (Å²) >= 11 is 0. The number of ketones is 1. The van der Waals surface area contributed by atoms with E-state index in [9.17, 15) is 4.79 Å². The smallest absolute Gasteiger partial charge is 0.284 e. The molecule has 1 aliphatic carbocycles. The summed E-state index contributed by atoms with van der Waals surface area (Å²) in [6.45, 7) is 12.4. The van der Waals surface area contributed by atoms with Gasteiger partial charge >= 0.3 is 0 Å². The molecule has 1 N–H and O–H groups in total. The Bertz CT molecular complexity index is 2570. The lowest BCUT2D eigenvalue weighted by atomic mass is 9.80. The first-order valence-electron chi connectivity index (χ1n) is 19.8. The molecule has 1 fully saturated rings. The molecule has 1 saturated carbocycles. The molecule has 1 aromatic heterocycles. The van der Waals surface area contributed by atoms with Gasteiger partial charge in [-0.1, -0.05) is 139 Å². The van der Waals surface area contributed by atoms with Gasteiger partial charge in [-0.2, -0.15) is 9.13 Å². The molecule has 1 aliphatic rings. The molecule has 8 rings (SSSR count). The zero-order valence-electron chi connectivity index (χ0n) is 33.8. The number of nitrogens with one attached hydrogen (secondary N) is 1. The van der Waals surface area contributed by atoms with E-state index < -0.39 is 23.7 Å². The molecule has 7 aromatic rings. The summed E-state index contributed by atoms with van der Waals surface area (Å²) in [6, 6.07) is 44.5. The van der Waals surface area contributed by atoms with Crippen molar-refractivity contribution in [3.05, 3.63) is 213 Å². The predicted octanol–water partition coefficient (Wildman–Crippen LogP) is 9.29. The summed E-state index contributed by atoms with van der Waals surface area (Å²) in [5.41, 5.74) is 12.4. The minimum Gasteiger partial charge on any atom is -0.867 e. The van der Waals surface area contributed by atoms with Crippen LogP contribution >= 0.6 is 0 Å². The number of aryl methyl sites for hydroxylation is 6. The van der Waals surface area contributed by atoms with Crippen molar-refractivity contribution in [2.75, 3.05) is 0 Å². The van der Waals surface area contributed by atoms with Crippen molar-refractivity contribution in [1.82, 2.24) is 9.88 Å². The molecule has 1 amide bonds. The Morgan fingerprint density at radius 2 is 1.16 bits per heavy atom. The van der Waals surface area contributed by atoms with Gasteiger partial charge in [0.1, 0.15) is 23.8 Å². The largest absolute Gasteiger partial charge is 0.867 e. The van der Waals surface area contributed by atoms with Crippen LogP contribution in [0, 0.1) is 41.5 Å². The number of carbonyl (C=O) groups is 2. The Labute approximate surface area is 340 Å². The Hall–Kier alpha value is -6.79. The van der Waals surface area contributed by atoms with Crippen molar-refractivity contribution in [2.45, 2.75) is 59.4 Å². The van der Waals surface area contributed by atoms with Gasteiger partial charge in [-0.05, 0) is 104 Å². The van der Waals surface area contributed by atoms with Crippen LogP contribution in [0.15, 0.2) is 157 Å². The van der Waals surface area contributed by atoms with E-state index in [1.807, 2.05) is 88.3 Å². The van der Waals surface area contributed by atoms with Gasteiger partial charge in [0, 0.05) is 23.0 Å². The summed E-state index contributed by atoms with van der Waals surface area (Å²) in [4.78, 5) is 29.4. The van der Waals surface area contributed by atoms with Crippen LogP contribution in [0.25, 0.3) is 28.3 Å². The first-order chi connectivity index (χ1) is 28.0. The first kappa shape index (κ1) is 38.1. The van der Waals surface area contributed by atoms with E-state index in [4.69, 9.17) is 0 Å². The molecular weight excluding hydrogens is 715 g/mol. The Balaban J connectivity index is 1.42. The van der Waals surface area contributed by atoms with E-state index in [2.05, 4.69) is 95.4 Å². The van der Waals surface area contributed by atoms with Gasteiger partial charge in [0.2, 0.25) is 0 Å². The quantitative estimate of drug-likeness (QED) is 0.0953. The number of hydrogen-bond donors (Lipinski definition) is 1. The molecule has 6 heteroatoms. The molecule has 1 heterocycles. The van der Waals surface area contributed by atoms with Crippen molar-refractivity contribution in [2.24, 2.45) is 0 Å². The van der Waals surface area contributed by atoms with E-state index in [-0.39, 0.29) is 17.2 Å². The highest BCUT2D eigenvalue weighted by atomic mass is 16.3. The van der Waals surface area contributed by atoms with Crippen LogP contribution < -0.4 is 15.0 Å². The normalized spacial score (nSPS) is 17.3. The van der Waals surface area contributed by atoms with E-state index in [0.717, 1.165) is 67.0 Å². The molecule has 58 heavy (non-hydrogen) atoms. The number of imidazole rings is 1. The number of benzene rings is 6. The Kier molecular flexibility index (Phi) is 10.3. The number of carbonyl (C=O) groups excluding carboxylic acids is 2. The summed E-state index contributed by atoms with van der Waals surface area (Å²) in [5, 5.41) is 19.2. The van der Waals surface area contributed by atoms with Gasteiger partial charge in [-0.15, -0.1) is 0 Å². The van der Waals surface area contributed by atoms with Gasteiger partial charge < -0.3 is 10.4 Å². The SMILES string of the molecule is Cc1cc(C)c(-n2cc[n+](-c3c(C)cc(C)cc3C)c2/C([O-])=C2\C(=O)[C@@H](NC(=O)c3ccccc3)[C@@H](c3ccccc3)[C@@H]2c2ccc(-c3ccccc3)cc2)c(C)c1. The molecule has 6 aromatic carbocycles. The number of Topliss-reactive ketones (excluding diaryl/α,β-unsaturated/α-hetero) is 1. The van der Waals surface area contributed by atoms with Crippen LogP contribution in [0.3, 0.4) is 0 Å². The molecular formula is C52H47N3O3. The van der Waals surface area contributed by atoms with E-state index >= 15 is 9.90 Å². The monoisotopic (exact) mass is 761 g/mol. The Morgan fingerprint density at radius 1 is 0.638 bits per heavy atom. The van der Waals surface area contributed by atoms with Gasteiger partial charge in [0.05, 0.1) is 6.04 Å². The number of hydrogen-bond acceptors (Lipinski definition) is 3. The first-order valence-corrected chi connectivity index (χ1v) is 19.8. The van der Waals surface area contributed by atoms with Crippen LogP contribution in [-0.4, -0.2) is 22.3 Å². The van der Waals surface area contributed by atoms with E-state index in [1.54, 1.807) is 24.3 Å². The third kappa shape index (κ3) is 6.96. The third-order valence-corrected chi connectivity index (χ3v) is 11.5. The summed E-state index contributed by atoms with van der Waals surface area (Å²) in [5.74, 6) is -2.07. The molecule has 0 spiro atoms. The lowest BCUT2D eigenvalue weighted by Crippen LogP contribution is -2.42. The zero-order valence-corrected chi connectivity index (χ0v) is 33.8. The Morgan fingerprint density at radius 3 is 1.74 bits per heavy atom. The molecule has 288 valence electrons. The second-order valence-electron chi connectivity index (χ2n) is 15.7. The average molecular weight is 762 g/mol. The minimum absolute atomic E-state index is 0.137. The molecule has 0 aliphatic heterocycles. The van der Waals surface area contributed by atoms with Crippen LogP contribution in [0.1, 0.15) is 72.5 Å². The molecule has 0 radical (unpaired) electrons. The third-order valence-electron chi connectivity index (χ3n) is 11.5. The number of nitrogens with zero attached hydrogens (tertiary/aromatic N) is 2. The molecule has 0 unspecified atom stereocenters. The second kappa shape index (κ2) is 15.6. The van der Waals surface area contributed by atoms with Gasteiger partial charge in [-0.3, -0.25) is 9.59 Å². The van der Waals surface area contributed by atoms with Crippen molar-refractivity contribution in [3.8, 4) is 22.5 Å². The highest BCUT2D eigenvalue weighted by Crippen LogP contribution is 2.50. The van der Waals surface area contributed by atoms with Crippen LogP contribution in [0.2, 0.25) is 0 Å². The molecule has 3 atom stereocenters. The van der Waals surface area contributed by atoms with Crippen molar-refractivity contribution < 1.29 is 19.3 Å². The summed E-state index contributed by atoms with van der Waals surface area (Å²) in [7, 11) is 0. The maximum atomic E-state index is 16.0. The second-order valence-corrected chi connectivity index (χ2v) is 15.7. The van der Waals surface area contributed by atoms with Crippen LogP contribution in [-0.2, 0) is 4.79 Å². The maximum absolute atomic E-state index is 16.0. The van der Waals surface area contributed by atoms with Gasteiger partial charge in [-0.25, -0.2) is 0 Å². The molecule has 6 nitrogen and oxygen atoms in total. The highest BCUT2D eigenvalue weighted by Gasteiger charge is 2.50. The number of aromatic nitrogens is 2. The lowest BCUT2D eigenvalue weighted by molar-refractivity contribution is -0.602. The van der Waals surface area contributed by atoms with Gasteiger partial charge in [0.25, 0.3) is 11.7 Å². The van der Waals surface area contributed by atoms with E-state index in [0.29, 0.717) is 11.4 Å². The van der Waals surface area contributed by atoms with Gasteiger partial charge in [0.15, 0.2) is 5.78 Å². The fourth-order valence-electron chi connectivity index (χ4n) is 9.22. The number of rotatable bonds is 8. The van der Waals surface area contributed by atoms with Crippen molar-refractivity contribution in [3.63, 3.8) is 0 Å². The standard InChI is InChI=1S/C52H47N3O3/c1-32-28-34(3)47(35(4)29-32)54-26-27-55(48-36(5)30-33(2)31-37(48)6)52(54)50(57)45-43(41-24-22-39(23-25-41)38-16-10-7-11-17-38)44(40-18-12-8-13-19-40)46(49(45)56)53-51(58)42-20-14-9-15-21-42/h7-31,43-44,46H,1-6H3,(H-,53,56,57,58)/t43-,44-,46-/m0/s1. The minimum atomic E-state index is -1.02. The topological polar surface area (TPSA) is 78.0 Å². The summed E-state index contributed by atoms with van der Waals surface area (Å²) in [6.07, 6.45) is 3.87. The summed E-state index contributed by atoms with van der Waals surface area (Å²) < 4.78 is 3.91. The zero-order chi connectivity index (χ0) is 40.7. The number of amides is 1. The molecule has 0 saturated heterocycles. The van der Waals surface area contributed by atoms with Crippen molar-refractivity contribution >= 4 is 17.4 Å². The lowest BCUT2D eigenvalue weighted by Gasteiger charge is -2.27. The molecule has 0 bridgehead atoms. The maximum Gasteiger partial charge on any atom is 0.284 e. The van der Waals surface area contributed by atoms with Crippen LogP contribution in [0.4, 0.5) is 0 Å².